The second-order valence-electron chi connectivity index (χ2n) is 5.37. The average molecular weight is 257 g/mol. The Balaban J connectivity index is 2.02. The Morgan fingerprint density at radius 1 is 1.36 bits per heavy atom. The van der Waals surface area contributed by atoms with Gasteiger partial charge in [-0.3, -0.25) is 0 Å². The van der Waals surface area contributed by atoms with Crippen LogP contribution in [0.25, 0.3) is 0 Å². The Kier molecular flexibility index (Phi) is 3.36. The second kappa shape index (κ2) is 4.38. The van der Waals surface area contributed by atoms with Gasteiger partial charge < -0.3 is 0 Å². The van der Waals surface area contributed by atoms with Gasteiger partial charge in [-0.1, -0.05) is 47.8 Å². The summed E-state index contributed by atoms with van der Waals surface area (Å²) in [4.78, 5) is 0. The molecule has 0 nitrogen and oxygen atoms in total. The molecule has 2 fully saturated rings. The first-order valence-corrected chi connectivity index (χ1v) is 7.09. The van der Waals surface area contributed by atoms with Crippen molar-refractivity contribution in [3.8, 4) is 0 Å². The van der Waals surface area contributed by atoms with Gasteiger partial charge >= 0.3 is 0 Å². The third-order valence-corrected chi connectivity index (χ3v) is 4.76. The van der Waals surface area contributed by atoms with E-state index in [2.05, 4.69) is 35.9 Å². The van der Waals surface area contributed by atoms with Crippen LogP contribution in [0.5, 0.6) is 0 Å². The van der Waals surface area contributed by atoms with Crippen molar-refractivity contribution < 1.29 is 0 Å². The van der Waals surface area contributed by atoms with Gasteiger partial charge in [0.1, 0.15) is 0 Å². The van der Waals surface area contributed by atoms with Crippen molar-refractivity contribution in [2.24, 2.45) is 23.7 Å². The van der Waals surface area contributed by atoms with Crippen LogP contribution < -0.4 is 0 Å². The van der Waals surface area contributed by atoms with Crippen molar-refractivity contribution in [3.63, 3.8) is 0 Å². The van der Waals surface area contributed by atoms with Gasteiger partial charge in [0.25, 0.3) is 0 Å². The quantitative estimate of drug-likeness (QED) is 0.519. The summed E-state index contributed by atoms with van der Waals surface area (Å²) in [5.74, 6) is 3.75. The lowest BCUT2D eigenvalue weighted by atomic mass is 9.86. The lowest BCUT2D eigenvalue weighted by Gasteiger charge is -2.20. The number of hydrogen-bond acceptors (Lipinski definition) is 0. The third-order valence-electron chi connectivity index (χ3n) is 4.12. The molecule has 0 aromatic heterocycles. The molecule has 3 atom stereocenters. The molecular formula is C13H21Br. The number of halogens is 1. The molecule has 0 aromatic carbocycles. The number of rotatable bonds is 3. The van der Waals surface area contributed by atoms with E-state index >= 15 is 0 Å². The average Bonchev–Trinajstić information content (AvgIpc) is 2.74. The van der Waals surface area contributed by atoms with Crippen LogP contribution in [0.4, 0.5) is 0 Å². The summed E-state index contributed by atoms with van der Waals surface area (Å²) >= 11 is 3.61. The van der Waals surface area contributed by atoms with Gasteiger partial charge in [0.2, 0.25) is 0 Å². The van der Waals surface area contributed by atoms with Crippen molar-refractivity contribution in [1.82, 2.24) is 0 Å². The van der Waals surface area contributed by atoms with Crippen LogP contribution in [-0.2, 0) is 0 Å². The van der Waals surface area contributed by atoms with E-state index in [1.807, 2.05) is 0 Å². The lowest BCUT2D eigenvalue weighted by Crippen LogP contribution is -2.10. The van der Waals surface area contributed by atoms with Gasteiger partial charge in [0.15, 0.2) is 0 Å². The number of allylic oxidation sites excluding steroid dienone is 2. The fourth-order valence-corrected chi connectivity index (χ4v) is 4.00. The van der Waals surface area contributed by atoms with Crippen LogP contribution in [0.15, 0.2) is 11.6 Å². The Morgan fingerprint density at radius 3 is 2.57 bits per heavy atom. The summed E-state index contributed by atoms with van der Waals surface area (Å²) < 4.78 is 0. The molecule has 2 aliphatic carbocycles. The minimum Gasteiger partial charge on any atom is -0.0880 e. The van der Waals surface area contributed by atoms with Gasteiger partial charge in [0, 0.05) is 5.33 Å². The van der Waals surface area contributed by atoms with Crippen molar-refractivity contribution in [3.05, 3.63) is 11.6 Å². The minimum absolute atomic E-state index is 0.716. The molecule has 0 radical (unpaired) electrons. The highest BCUT2D eigenvalue weighted by Gasteiger charge is 2.38. The zero-order chi connectivity index (χ0) is 10.1. The summed E-state index contributed by atoms with van der Waals surface area (Å²) in [6.07, 6.45) is 8.60. The standard InChI is InChI=1S/C13H21Br/c1-9(2)13(8-14)7-12-6-10-3-4-11(12)5-10/h7,9-12H,3-6,8H2,1-2H3/b13-7+. The highest BCUT2D eigenvalue weighted by atomic mass is 79.9. The van der Waals surface area contributed by atoms with Crippen LogP contribution in [0.1, 0.15) is 39.5 Å². The van der Waals surface area contributed by atoms with E-state index in [0.717, 1.165) is 23.1 Å². The molecular weight excluding hydrogens is 236 g/mol. The molecule has 0 N–H and O–H groups in total. The molecule has 80 valence electrons. The molecule has 0 aromatic rings. The molecule has 14 heavy (non-hydrogen) atoms. The first kappa shape index (κ1) is 10.7. The maximum atomic E-state index is 3.61. The predicted octanol–water partition coefficient (Wildman–Crippen LogP) is 4.40. The van der Waals surface area contributed by atoms with Crippen LogP contribution in [-0.4, -0.2) is 5.33 Å². The van der Waals surface area contributed by atoms with E-state index in [9.17, 15) is 0 Å². The molecule has 0 heterocycles. The van der Waals surface area contributed by atoms with Crippen molar-refractivity contribution >= 4 is 15.9 Å². The maximum absolute atomic E-state index is 3.61. The Hall–Kier alpha value is 0.220. The normalized spacial score (nSPS) is 37.1. The highest BCUT2D eigenvalue weighted by molar-refractivity contribution is 9.09. The lowest BCUT2D eigenvalue weighted by molar-refractivity contribution is 0.391. The summed E-state index contributed by atoms with van der Waals surface area (Å²) in [5, 5.41) is 1.07. The van der Waals surface area contributed by atoms with E-state index in [4.69, 9.17) is 0 Å². The third kappa shape index (κ3) is 2.08. The molecule has 2 saturated carbocycles. The molecule has 2 aliphatic rings. The molecule has 1 heteroatoms. The summed E-state index contributed by atoms with van der Waals surface area (Å²) in [5.41, 5.74) is 1.61. The number of fused-ring (bicyclic) bond motifs is 2. The van der Waals surface area contributed by atoms with E-state index < -0.39 is 0 Å². The largest absolute Gasteiger partial charge is 0.0880 e. The van der Waals surface area contributed by atoms with Gasteiger partial charge in [-0.25, -0.2) is 0 Å². The zero-order valence-corrected chi connectivity index (χ0v) is 10.9. The zero-order valence-electron chi connectivity index (χ0n) is 9.30. The van der Waals surface area contributed by atoms with Gasteiger partial charge in [0.05, 0.1) is 0 Å². The Labute approximate surface area is 96.3 Å². The highest BCUT2D eigenvalue weighted by Crippen LogP contribution is 2.49. The van der Waals surface area contributed by atoms with Crippen LogP contribution in [0.2, 0.25) is 0 Å². The smallest absolute Gasteiger partial charge is 0.0244 e. The number of hydrogen-bond donors (Lipinski definition) is 0. The van der Waals surface area contributed by atoms with Crippen molar-refractivity contribution in [2.45, 2.75) is 39.5 Å². The first-order valence-electron chi connectivity index (χ1n) is 5.97. The molecule has 0 aliphatic heterocycles. The molecule has 2 rings (SSSR count). The van der Waals surface area contributed by atoms with Crippen LogP contribution >= 0.6 is 15.9 Å². The summed E-state index contributed by atoms with van der Waals surface area (Å²) in [6.45, 7) is 4.61. The molecule has 3 unspecified atom stereocenters. The van der Waals surface area contributed by atoms with Gasteiger partial charge in [-0.15, -0.1) is 0 Å². The second-order valence-corrected chi connectivity index (χ2v) is 5.93. The SMILES string of the molecule is CC(C)/C(=C/C1CC2CCC1C2)CBr. The van der Waals surface area contributed by atoms with E-state index in [-0.39, 0.29) is 0 Å². The van der Waals surface area contributed by atoms with Gasteiger partial charge in [-0.05, 0) is 42.9 Å². The molecule has 0 saturated heterocycles. The first-order chi connectivity index (χ1) is 6.70. The van der Waals surface area contributed by atoms with E-state index in [1.54, 1.807) is 5.57 Å². The molecule has 0 spiro atoms. The van der Waals surface area contributed by atoms with Gasteiger partial charge in [-0.2, -0.15) is 0 Å². The topological polar surface area (TPSA) is 0 Å². The fraction of sp³-hybridized carbons (Fsp3) is 0.846. The monoisotopic (exact) mass is 256 g/mol. The van der Waals surface area contributed by atoms with Crippen molar-refractivity contribution in [2.75, 3.05) is 5.33 Å². The number of alkyl halides is 1. The van der Waals surface area contributed by atoms with Crippen LogP contribution in [0, 0.1) is 23.7 Å². The summed E-state index contributed by atoms with van der Waals surface area (Å²) in [6, 6.07) is 0. The van der Waals surface area contributed by atoms with Crippen molar-refractivity contribution in [1.29, 1.82) is 0 Å². The maximum Gasteiger partial charge on any atom is 0.0244 e. The summed E-state index contributed by atoms with van der Waals surface area (Å²) in [7, 11) is 0. The Morgan fingerprint density at radius 2 is 2.14 bits per heavy atom. The molecule has 2 bridgehead atoms. The fourth-order valence-electron chi connectivity index (χ4n) is 3.16. The van der Waals surface area contributed by atoms with Crippen LogP contribution in [0.3, 0.4) is 0 Å². The predicted molar refractivity (Wildman–Crippen MR) is 65.7 cm³/mol. The molecule has 0 amide bonds. The minimum atomic E-state index is 0.716. The Bertz CT molecular complexity index is 229. The van der Waals surface area contributed by atoms with E-state index in [0.29, 0.717) is 5.92 Å². The van der Waals surface area contributed by atoms with E-state index in [1.165, 1.54) is 25.7 Å².